The fraction of sp³-hybridized carbons (Fsp3) is 0.590. The van der Waals surface area contributed by atoms with Gasteiger partial charge in [0.25, 0.3) is 0 Å². The normalized spacial score (nSPS) is 15.0. The average Bonchev–Trinajstić information content (AvgIpc) is 3.16. The van der Waals surface area contributed by atoms with Crippen molar-refractivity contribution in [1.82, 2.24) is 37.2 Å². The van der Waals surface area contributed by atoms with E-state index in [1.165, 1.54) is 31.2 Å². The molecular formula is C39H60N8O14. The highest BCUT2D eigenvalue weighted by molar-refractivity contribution is 5.99. The molecule has 0 bridgehead atoms. The molecule has 0 spiro atoms. The zero-order valence-corrected chi connectivity index (χ0v) is 35.3. The number of carbonyl (C=O) groups is 10. The number of nitrogens with two attached hydrogens (primary N) is 1. The number of hydrogen-bond donors (Lipinski definition) is 12. The number of aliphatic hydroxyl groups is 1. The van der Waals surface area contributed by atoms with E-state index < -0.39 is 133 Å². The second-order valence-electron chi connectivity index (χ2n) is 15.4. The molecule has 0 saturated carbocycles. The number of carboxylic acids is 2. The molecule has 0 saturated heterocycles. The molecule has 8 amide bonds. The van der Waals surface area contributed by atoms with Crippen molar-refractivity contribution < 1.29 is 68.4 Å². The molecule has 1 aromatic carbocycles. The van der Waals surface area contributed by atoms with E-state index in [1.807, 2.05) is 0 Å². The molecule has 0 aliphatic heterocycles. The van der Waals surface area contributed by atoms with E-state index in [9.17, 15) is 68.4 Å². The minimum atomic E-state index is -1.85. The molecule has 0 aliphatic rings. The van der Waals surface area contributed by atoms with Gasteiger partial charge >= 0.3 is 11.9 Å². The number of carboxylic acid groups (broad SMARTS) is 2. The van der Waals surface area contributed by atoms with Gasteiger partial charge in [0.1, 0.15) is 48.0 Å². The molecule has 1 aromatic rings. The Balaban J connectivity index is 3.28. The number of phenolic OH excluding ortho intramolecular Hbond substituents is 1. The summed E-state index contributed by atoms with van der Waals surface area (Å²) in [7, 11) is 0. The van der Waals surface area contributed by atoms with E-state index in [0.29, 0.717) is 5.56 Å². The van der Waals surface area contributed by atoms with Gasteiger partial charge in [0.05, 0.1) is 19.4 Å². The number of rotatable bonds is 26. The molecule has 0 aromatic heterocycles. The minimum absolute atomic E-state index is 0.0266. The summed E-state index contributed by atoms with van der Waals surface area (Å²) in [5.41, 5.74) is 5.89. The smallest absolute Gasteiger partial charge is 0.326 e. The highest BCUT2D eigenvalue weighted by atomic mass is 16.4. The lowest BCUT2D eigenvalue weighted by atomic mass is 9.95. The number of amides is 8. The summed E-state index contributed by atoms with van der Waals surface area (Å²) >= 11 is 0. The maximum absolute atomic E-state index is 13.8. The monoisotopic (exact) mass is 864 g/mol. The first-order valence-corrected chi connectivity index (χ1v) is 19.6. The maximum Gasteiger partial charge on any atom is 0.326 e. The Labute approximate surface area is 352 Å². The number of aliphatic hydroxyl groups excluding tert-OH is 1. The average molecular weight is 865 g/mol. The van der Waals surface area contributed by atoms with Gasteiger partial charge in [-0.25, -0.2) is 4.79 Å². The summed E-state index contributed by atoms with van der Waals surface area (Å²) in [4.78, 5) is 128. The third kappa shape index (κ3) is 18.6. The van der Waals surface area contributed by atoms with Crippen LogP contribution in [0.5, 0.6) is 5.75 Å². The van der Waals surface area contributed by atoms with Gasteiger partial charge in [-0.2, -0.15) is 0 Å². The van der Waals surface area contributed by atoms with Crippen LogP contribution in [0.25, 0.3) is 0 Å². The number of nitrogens with one attached hydrogen (secondary N) is 7. The van der Waals surface area contributed by atoms with Crippen LogP contribution in [0, 0.1) is 17.8 Å². The van der Waals surface area contributed by atoms with Crippen LogP contribution in [0.3, 0.4) is 0 Å². The van der Waals surface area contributed by atoms with Crippen LogP contribution in [0.4, 0.5) is 0 Å². The number of carbonyl (C=O) groups excluding carboxylic acids is 8. The highest BCUT2D eigenvalue weighted by Gasteiger charge is 2.37. The van der Waals surface area contributed by atoms with Crippen molar-refractivity contribution in [2.75, 3.05) is 6.61 Å². The van der Waals surface area contributed by atoms with Crippen LogP contribution < -0.4 is 43.0 Å². The van der Waals surface area contributed by atoms with E-state index in [1.54, 1.807) is 41.5 Å². The van der Waals surface area contributed by atoms with E-state index in [2.05, 4.69) is 37.2 Å². The van der Waals surface area contributed by atoms with E-state index in [0.717, 1.165) is 0 Å². The van der Waals surface area contributed by atoms with E-state index in [4.69, 9.17) is 5.73 Å². The molecule has 13 N–H and O–H groups in total. The molecular weight excluding hydrogens is 804 g/mol. The zero-order valence-electron chi connectivity index (χ0n) is 35.3. The minimum Gasteiger partial charge on any atom is -0.508 e. The molecule has 61 heavy (non-hydrogen) atoms. The molecule has 8 atom stereocenters. The summed E-state index contributed by atoms with van der Waals surface area (Å²) in [5, 5.41) is 55.0. The second kappa shape index (κ2) is 25.3. The van der Waals surface area contributed by atoms with Gasteiger partial charge in [-0.05, 0) is 41.9 Å². The van der Waals surface area contributed by atoms with Crippen molar-refractivity contribution in [2.24, 2.45) is 23.5 Å². The first kappa shape index (κ1) is 52.7. The van der Waals surface area contributed by atoms with Gasteiger partial charge in [0, 0.05) is 13.3 Å². The van der Waals surface area contributed by atoms with Gasteiger partial charge in [-0.1, -0.05) is 60.1 Å². The lowest BCUT2D eigenvalue weighted by Gasteiger charge is -2.30. The second-order valence-corrected chi connectivity index (χ2v) is 15.4. The third-order valence-corrected chi connectivity index (χ3v) is 9.30. The summed E-state index contributed by atoms with van der Waals surface area (Å²) in [6.45, 7) is 9.98. The fourth-order valence-corrected chi connectivity index (χ4v) is 5.82. The molecule has 22 heteroatoms. The van der Waals surface area contributed by atoms with E-state index in [-0.39, 0.29) is 30.9 Å². The fourth-order valence-electron chi connectivity index (χ4n) is 5.82. The Kier molecular flexibility index (Phi) is 21.9. The molecule has 0 fully saturated rings. The quantitative estimate of drug-likeness (QED) is 0.0459. The van der Waals surface area contributed by atoms with Gasteiger partial charge in [-0.15, -0.1) is 0 Å². The van der Waals surface area contributed by atoms with Crippen LogP contribution in [0.2, 0.25) is 0 Å². The van der Waals surface area contributed by atoms with Gasteiger partial charge in [-0.3, -0.25) is 43.2 Å². The molecule has 0 radical (unpaired) electrons. The van der Waals surface area contributed by atoms with Gasteiger partial charge in [0.2, 0.25) is 47.3 Å². The van der Waals surface area contributed by atoms with Crippen molar-refractivity contribution in [3.8, 4) is 5.75 Å². The predicted molar refractivity (Wildman–Crippen MR) is 216 cm³/mol. The highest BCUT2D eigenvalue weighted by Crippen LogP contribution is 2.14. The molecule has 0 heterocycles. The number of primary amides is 1. The van der Waals surface area contributed by atoms with Crippen LogP contribution in [0.15, 0.2) is 24.3 Å². The van der Waals surface area contributed by atoms with Crippen molar-refractivity contribution >= 4 is 59.2 Å². The topological polar surface area (TPSA) is 362 Å². The number of aliphatic carboxylic acids is 2. The molecule has 22 nitrogen and oxygen atoms in total. The zero-order chi connectivity index (χ0) is 46.7. The van der Waals surface area contributed by atoms with Gasteiger partial charge in [0.15, 0.2) is 0 Å². The number of phenols is 1. The largest absolute Gasteiger partial charge is 0.508 e. The number of benzene rings is 1. The summed E-state index contributed by atoms with van der Waals surface area (Å²) in [6.07, 6.45) is -1.66. The Hall–Kier alpha value is -6.32. The number of hydrogen-bond acceptors (Lipinski definition) is 12. The van der Waals surface area contributed by atoms with Crippen molar-refractivity contribution in [3.63, 3.8) is 0 Å². The molecule has 1 rings (SSSR count). The first-order chi connectivity index (χ1) is 28.4. The van der Waals surface area contributed by atoms with E-state index >= 15 is 0 Å². The summed E-state index contributed by atoms with van der Waals surface area (Å²) in [5.74, 6) is -12.3. The molecule has 0 unspecified atom stereocenters. The van der Waals surface area contributed by atoms with Crippen molar-refractivity contribution in [1.29, 1.82) is 0 Å². The Morgan fingerprint density at radius 3 is 1.52 bits per heavy atom. The first-order valence-electron chi connectivity index (χ1n) is 19.6. The SMILES string of the molecule is CC[C@H](C)[C@H](NC(=O)[C@@H](NC(=O)[C@H](CO)NC(=O)[C@H](Cc1ccc(O)cc1)NC(C)=O)C(C)C)C(=O)N[C@@H](CC(N)=O)C(=O)N[C@@H](CC(=O)O)C(=O)N[C@@H](CC(C)C)C(=O)O. The standard InChI is InChI=1S/C39H60N8O14/c1-8-20(6)32(38(59)43-25(15-29(40)51)34(55)42-26(16-30(52)53)35(56)44-27(39(60)61)13-18(2)3)47-37(58)31(19(4)5)46-36(57)28(17-48)45-33(54)24(41-21(7)49)14-22-9-11-23(50)12-10-22/h9-12,18-20,24-28,31-32,48,50H,8,13-17H2,1-7H3,(H2,40,51)(H,41,49)(H,42,55)(H,43,59)(H,44,56)(H,45,54)(H,46,57)(H,47,58)(H,52,53)(H,60,61)/t20-,24-,25-,26-,27-,28-,31-,32-/m0/s1. The van der Waals surface area contributed by atoms with Crippen LogP contribution in [0.1, 0.15) is 79.7 Å². The van der Waals surface area contributed by atoms with Crippen LogP contribution in [-0.2, 0) is 54.4 Å². The Morgan fingerprint density at radius 1 is 0.607 bits per heavy atom. The lowest BCUT2D eigenvalue weighted by molar-refractivity contribution is -0.144. The molecule has 340 valence electrons. The predicted octanol–water partition coefficient (Wildman–Crippen LogP) is -2.48. The third-order valence-electron chi connectivity index (χ3n) is 9.30. The molecule has 0 aliphatic carbocycles. The summed E-state index contributed by atoms with van der Waals surface area (Å²) in [6, 6.07) is -4.94. The van der Waals surface area contributed by atoms with Crippen LogP contribution >= 0.6 is 0 Å². The van der Waals surface area contributed by atoms with Crippen molar-refractivity contribution in [3.05, 3.63) is 29.8 Å². The van der Waals surface area contributed by atoms with Gasteiger partial charge < -0.3 is 63.4 Å². The van der Waals surface area contributed by atoms with Crippen molar-refractivity contribution in [2.45, 2.75) is 123 Å². The summed E-state index contributed by atoms with van der Waals surface area (Å²) < 4.78 is 0. The van der Waals surface area contributed by atoms with Crippen LogP contribution in [-0.4, -0.2) is 129 Å². The Bertz CT molecular complexity index is 1740. The maximum atomic E-state index is 13.8. The number of aromatic hydroxyl groups is 1. The Morgan fingerprint density at radius 2 is 1.07 bits per heavy atom. The lowest BCUT2D eigenvalue weighted by Crippen LogP contribution is -2.62.